The molecule has 0 heterocycles. The van der Waals surface area contributed by atoms with Crippen molar-refractivity contribution in [3.05, 3.63) is 64.7 Å². The van der Waals surface area contributed by atoms with Crippen molar-refractivity contribution >= 4 is 21.6 Å². The topological polar surface area (TPSA) is 66.5 Å². The third-order valence-electron chi connectivity index (χ3n) is 5.04. The number of nitrogens with one attached hydrogen (secondary N) is 1. The number of anilines is 1. The van der Waals surface area contributed by atoms with Crippen molar-refractivity contribution in [3.63, 3.8) is 0 Å². The standard InChI is InChI=1S/C22H30N2O3S/c1-7-21(19-11-10-16(3)17(4)14-19)23-22(25)18(5)24(28(6,26)27)20-12-8-15(2)9-13-20/h8-14,18,21H,7H2,1-6H3,(H,23,25). The summed E-state index contributed by atoms with van der Waals surface area (Å²) in [5.41, 5.74) is 4.88. The Hall–Kier alpha value is -2.34. The second-order valence-corrected chi connectivity index (χ2v) is 9.24. The monoisotopic (exact) mass is 402 g/mol. The number of carbonyl (C=O) groups is 1. The molecule has 0 saturated heterocycles. The summed E-state index contributed by atoms with van der Waals surface area (Å²) in [7, 11) is -3.62. The SMILES string of the molecule is CCC(NC(=O)C(C)N(c1ccc(C)cc1)S(C)(=O)=O)c1ccc(C)c(C)c1. The number of rotatable bonds is 7. The van der Waals surface area contributed by atoms with Crippen LogP contribution in [0.15, 0.2) is 42.5 Å². The lowest BCUT2D eigenvalue weighted by molar-refractivity contribution is -0.122. The lowest BCUT2D eigenvalue weighted by Gasteiger charge is -2.30. The number of hydrogen-bond donors (Lipinski definition) is 1. The zero-order chi connectivity index (χ0) is 21.1. The molecule has 1 amide bonds. The minimum absolute atomic E-state index is 0.173. The number of amides is 1. The van der Waals surface area contributed by atoms with Crippen LogP contribution in [-0.2, 0) is 14.8 Å². The van der Waals surface area contributed by atoms with Gasteiger partial charge in [-0.25, -0.2) is 8.42 Å². The molecule has 0 spiro atoms. The van der Waals surface area contributed by atoms with E-state index in [1.807, 2.05) is 52.0 Å². The van der Waals surface area contributed by atoms with E-state index in [-0.39, 0.29) is 11.9 Å². The molecule has 0 aromatic heterocycles. The zero-order valence-corrected chi connectivity index (χ0v) is 18.3. The van der Waals surface area contributed by atoms with Crippen molar-refractivity contribution < 1.29 is 13.2 Å². The van der Waals surface area contributed by atoms with Crippen LogP contribution in [0.3, 0.4) is 0 Å². The number of benzene rings is 2. The van der Waals surface area contributed by atoms with Gasteiger partial charge in [0, 0.05) is 0 Å². The molecule has 2 aromatic carbocycles. The third kappa shape index (κ3) is 5.13. The minimum atomic E-state index is -3.62. The molecular formula is C22H30N2O3S. The van der Waals surface area contributed by atoms with E-state index < -0.39 is 16.1 Å². The Balaban J connectivity index is 2.28. The molecule has 0 aliphatic heterocycles. The molecule has 0 saturated carbocycles. The Labute approximate surface area is 168 Å². The molecule has 0 bridgehead atoms. The van der Waals surface area contributed by atoms with Gasteiger partial charge in [-0.1, -0.05) is 42.8 Å². The molecule has 2 unspecified atom stereocenters. The highest BCUT2D eigenvalue weighted by Gasteiger charge is 2.30. The van der Waals surface area contributed by atoms with Crippen molar-refractivity contribution in [2.24, 2.45) is 0 Å². The van der Waals surface area contributed by atoms with Gasteiger partial charge < -0.3 is 5.32 Å². The number of carbonyl (C=O) groups excluding carboxylic acids is 1. The molecular weight excluding hydrogens is 372 g/mol. The predicted octanol–water partition coefficient (Wildman–Crippen LogP) is 4.03. The second kappa shape index (κ2) is 8.78. The molecule has 6 heteroatoms. The molecule has 2 atom stereocenters. The van der Waals surface area contributed by atoms with Crippen LogP contribution in [-0.4, -0.2) is 26.6 Å². The van der Waals surface area contributed by atoms with Gasteiger partial charge in [0.25, 0.3) is 0 Å². The van der Waals surface area contributed by atoms with Gasteiger partial charge in [-0.05, 0) is 62.9 Å². The van der Waals surface area contributed by atoms with E-state index in [1.165, 1.54) is 9.87 Å². The summed E-state index contributed by atoms with van der Waals surface area (Å²) < 4.78 is 26.0. The van der Waals surface area contributed by atoms with Crippen LogP contribution >= 0.6 is 0 Å². The van der Waals surface area contributed by atoms with Crippen LogP contribution in [0.2, 0.25) is 0 Å². The van der Waals surface area contributed by atoms with E-state index in [0.717, 1.165) is 22.9 Å². The maximum absolute atomic E-state index is 12.9. The highest BCUT2D eigenvalue weighted by Crippen LogP contribution is 2.23. The minimum Gasteiger partial charge on any atom is -0.347 e. The molecule has 5 nitrogen and oxygen atoms in total. The molecule has 0 aliphatic carbocycles. The smallest absolute Gasteiger partial charge is 0.244 e. The summed E-state index contributed by atoms with van der Waals surface area (Å²) in [5, 5.41) is 3.02. The first-order valence-electron chi connectivity index (χ1n) is 9.48. The molecule has 0 radical (unpaired) electrons. The average Bonchev–Trinajstić information content (AvgIpc) is 2.62. The largest absolute Gasteiger partial charge is 0.347 e. The first kappa shape index (κ1) is 22.0. The van der Waals surface area contributed by atoms with Crippen LogP contribution in [0.5, 0.6) is 0 Å². The fourth-order valence-electron chi connectivity index (χ4n) is 3.20. The molecule has 152 valence electrons. The lowest BCUT2D eigenvalue weighted by Crippen LogP contribution is -2.48. The molecule has 28 heavy (non-hydrogen) atoms. The van der Waals surface area contributed by atoms with Crippen LogP contribution in [0.25, 0.3) is 0 Å². The summed E-state index contributed by atoms with van der Waals surface area (Å²) in [4.78, 5) is 12.9. The Morgan fingerprint density at radius 3 is 2.14 bits per heavy atom. The van der Waals surface area contributed by atoms with Gasteiger partial charge in [0.15, 0.2) is 0 Å². The van der Waals surface area contributed by atoms with E-state index in [9.17, 15) is 13.2 Å². The Bertz CT molecular complexity index is 937. The summed E-state index contributed by atoms with van der Waals surface area (Å²) in [6, 6.07) is 12.2. The van der Waals surface area contributed by atoms with Crippen molar-refractivity contribution in [2.45, 2.75) is 53.1 Å². The van der Waals surface area contributed by atoms with Crippen LogP contribution < -0.4 is 9.62 Å². The summed E-state index contributed by atoms with van der Waals surface area (Å²) in [5.74, 6) is -0.323. The highest BCUT2D eigenvalue weighted by atomic mass is 32.2. The van der Waals surface area contributed by atoms with Gasteiger partial charge in [-0.3, -0.25) is 9.10 Å². The van der Waals surface area contributed by atoms with Crippen molar-refractivity contribution in [1.29, 1.82) is 0 Å². The Kier molecular flexibility index (Phi) is 6.88. The summed E-state index contributed by atoms with van der Waals surface area (Å²) in [6.45, 7) is 9.63. The van der Waals surface area contributed by atoms with Gasteiger partial charge in [0.1, 0.15) is 6.04 Å². The summed E-state index contributed by atoms with van der Waals surface area (Å²) >= 11 is 0. The molecule has 2 rings (SSSR count). The van der Waals surface area contributed by atoms with E-state index >= 15 is 0 Å². The number of sulfonamides is 1. The maximum Gasteiger partial charge on any atom is 0.244 e. The summed E-state index contributed by atoms with van der Waals surface area (Å²) in [6.07, 6.45) is 1.83. The van der Waals surface area contributed by atoms with Gasteiger partial charge in [-0.15, -0.1) is 0 Å². The van der Waals surface area contributed by atoms with Crippen LogP contribution in [0.1, 0.15) is 48.6 Å². The predicted molar refractivity (Wildman–Crippen MR) is 115 cm³/mol. The van der Waals surface area contributed by atoms with E-state index in [1.54, 1.807) is 19.1 Å². The Morgan fingerprint density at radius 2 is 1.64 bits per heavy atom. The normalized spacial score (nSPS) is 13.6. The van der Waals surface area contributed by atoms with E-state index in [2.05, 4.69) is 11.4 Å². The van der Waals surface area contributed by atoms with Gasteiger partial charge in [0.2, 0.25) is 15.9 Å². The van der Waals surface area contributed by atoms with Gasteiger partial charge in [0.05, 0.1) is 18.0 Å². The highest BCUT2D eigenvalue weighted by molar-refractivity contribution is 7.92. The fourth-order valence-corrected chi connectivity index (χ4v) is 4.37. The molecule has 2 aromatic rings. The number of aryl methyl sites for hydroxylation is 3. The van der Waals surface area contributed by atoms with Gasteiger partial charge in [-0.2, -0.15) is 0 Å². The number of nitrogens with zero attached hydrogens (tertiary/aromatic N) is 1. The van der Waals surface area contributed by atoms with E-state index in [4.69, 9.17) is 0 Å². The van der Waals surface area contributed by atoms with Crippen molar-refractivity contribution in [2.75, 3.05) is 10.6 Å². The quantitative estimate of drug-likeness (QED) is 0.760. The second-order valence-electron chi connectivity index (χ2n) is 7.38. The maximum atomic E-state index is 12.9. The van der Waals surface area contributed by atoms with Crippen LogP contribution in [0, 0.1) is 20.8 Å². The van der Waals surface area contributed by atoms with Gasteiger partial charge >= 0.3 is 0 Å². The lowest BCUT2D eigenvalue weighted by atomic mass is 9.99. The van der Waals surface area contributed by atoms with Crippen LogP contribution in [0.4, 0.5) is 5.69 Å². The number of hydrogen-bond acceptors (Lipinski definition) is 3. The van der Waals surface area contributed by atoms with Crippen molar-refractivity contribution in [1.82, 2.24) is 5.32 Å². The Morgan fingerprint density at radius 1 is 1.04 bits per heavy atom. The average molecular weight is 403 g/mol. The van der Waals surface area contributed by atoms with Crippen molar-refractivity contribution in [3.8, 4) is 0 Å². The van der Waals surface area contributed by atoms with E-state index in [0.29, 0.717) is 12.1 Å². The molecule has 0 aliphatic rings. The first-order chi connectivity index (χ1) is 13.0. The molecule has 0 fully saturated rings. The zero-order valence-electron chi connectivity index (χ0n) is 17.5. The first-order valence-corrected chi connectivity index (χ1v) is 11.3. The third-order valence-corrected chi connectivity index (χ3v) is 6.28. The fraction of sp³-hybridized carbons (Fsp3) is 0.409. The molecule has 1 N–H and O–H groups in total.